The molecule has 6 heteroatoms. The molecule has 0 saturated heterocycles. The third kappa shape index (κ3) is 3.37. The SMILES string of the molecule is COc1ccccc1CSC1(CC(=O)O)Nc2ccccc2N1. The first kappa shape index (κ1) is 15.6. The van der Waals surface area contributed by atoms with Gasteiger partial charge in [-0.15, -0.1) is 11.8 Å². The molecule has 0 radical (unpaired) electrons. The maximum absolute atomic E-state index is 11.3. The molecule has 0 atom stereocenters. The van der Waals surface area contributed by atoms with Crippen LogP contribution in [0.3, 0.4) is 0 Å². The number of carboxylic acid groups (broad SMARTS) is 1. The highest BCUT2D eigenvalue weighted by molar-refractivity contribution is 8.00. The summed E-state index contributed by atoms with van der Waals surface area (Å²) >= 11 is 1.52. The van der Waals surface area contributed by atoms with Crippen LogP contribution in [-0.4, -0.2) is 23.2 Å². The molecule has 0 spiro atoms. The summed E-state index contributed by atoms with van der Waals surface area (Å²) in [5.74, 6) is 0.581. The van der Waals surface area contributed by atoms with Gasteiger partial charge in [0.2, 0.25) is 0 Å². The second-order valence-corrected chi connectivity index (χ2v) is 6.57. The molecular formula is C17H18N2O3S. The van der Waals surface area contributed by atoms with Crippen molar-refractivity contribution in [3.05, 3.63) is 54.1 Å². The van der Waals surface area contributed by atoms with E-state index in [1.54, 1.807) is 7.11 Å². The largest absolute Gasteiger partial charge is 0.496 e. The normalized spacial score (nSPS) is 14.5. The number of thioether (sulfide) groups is 1. The highest BCUT2D eigenvalue weighted by atomic mass is 32.2. The van der Waals surface area contributed by atoms with Crippen LogP contribution in [0, 0.1) is 0 Å². The van der Waals surface area contributed by atoms with Gasteiger partial charge < -0.3 is 20.5 Å². The molecule has 5 nitrogen and oxygen atoms in total. The van der Waals surface area contributed by atoms with Gasteiger partial charge in [-0.2, -0.15) is 0 Å². The molecule has 2 aromatic rings. The van der Waals surface area contributed by atoms with Crippen molar-refractivity contribution in [2.24, 2.45) is 0 Å². The van der Waals surface area contributed by atoms with Crippen LogP contribution in [0.1, 0.15) is 12.0 Å². The molecule has 120 valence electrons. The van der Waals surface area contributed by atoms with E-state index in [0.29, 0.717) is 5.75 Å². The molecular weight excluding hydrogens is 312 g/mol. The number of para-hydroxylation sites is 3. The Balaban J connectivity index is 1.80. The van der Waals surface area contributed by atoms with Gasteiger partial charge in [-0.05, 0) is 18.2 Å². The van der Waals surface area contributed by atoms with Crippen LogP contribution in [0.2, 0.25) is 0 Å². The van der Waals surface area contributed by atoms with Crippen molar-refractivity contribution in [2.45, 2.75) is 17.2 Å². The van der Waals surface area contributed by atoms with E-state index in [-0.39, 0.29) is 6.42 Å². The molecule has 0 fully saturated rings. The zero-order chi connectivity index (χ0) is 16.3. The number of ether oxygens (including phenoxy) is 1. The van der Waals surface area contributed by atoms with Gasteiger partial charge in [0, 0.05) is 11.3 Å². The lowest BCUT2D eigenvalue weighted by Crippen LogP contribution is -2.40. The van der Waals surface area contributed by atoms with Gasteiger partial charge in [-0.1, -0.05) is 30.3 Å². The smallest absolute Gasteiger partial charge is 0.308 e. The maximum atomic E-state index is 11.3. The van der Waals surface area contributed by atoms with Crippen LogP contribution >= 0.6 is 11.8 Å². The second kappa shape index (κ2) is 6.42. The molecule has 1 aliphatic rings. The minimum Gasteiger partial charge on any atom is -0.496 e. The van der Waals surface area contributed by atoms with E-state index >= 15 is 0 Å². The third-order valence-corrected chi connectivity index (χ3v) is 4.96. The Hall–Kier alpha value is -2.34. The number of carboxylic acids is 1. The number of nitrogens with one attached hydrogen (secondary N) is 2. The van der Waals surface area contributed by atoms with Crippen molar-refractivity contribution < 1.29 is 14.6 Å². The zero-order valence-electron chi connectivity index (χ0n) is 12.7. The molecule has 0 bridgehead atoms. The van der Waals surface area contributed by atoms with Crippen molar-refractivity contribution in [1.82, 2.24) is 0 Å². The average Bonchev–Trinajstić information content (AvgIpc) is 2.90. The number of carbonyl (C=O) groups is 1. The Labute approximate surface area is 139 Å². The molecule has 3 rings (SSSR count). The number of aliphatic carboxylic acids is 1. The summed E-state index contributed by atoms with van der Waals surface area (Å²) in [6, 6.07) is 15.5. The van der Waals surface area contributed by atoms with Gasteiger partial charge in [-0.25, -0.2) is 0 Å². The van der Waals surface area contributed by atoms with Gasteiger partial charge in [0.05, 0.1) is 24.9 Å². The summed E-state index contributed by atoms with van der Waals surface area (Å²) in [5, 5.41) is 15.9. The fraction of sp³-hybridized carbons (Fsp3) is 0.235. The number of hydrogen-bond donors (Lipinski definition) is 3. The van der Waals surface area contributed by atoms with Gasteiger partial charge >= 0.3 is 5.97 Å². The molecule has 3 N–H and O–H groups in total. The summed E-state index contributed by atoms with van der Waals surface area (Å²) < 4.78 is 5.37. The fourth-order valence-corrected chi connectivity index (χ4v) is 3.85. The van der Waals surface area contributed by atoms with Crippen LogP contribution in [0.5, 0.6) is 5.75 Å². The summed E-state index contributed by atoms with van der Waals surface area (Å²) in [6.45, 7) is 0. The summed E-state index contributed by atoms with van der Waals surface area (Å²) in [5.41, 5.74) is 2.87. The van der Waals surface area contributed by atoms with E-state index in [1.807, 2.05) is 48.5 Å². The average molecular weight is 330 g/mol. The number of anilines is 2. The first-order valence-corrected chi connectivity index (χ1v) is 8.23. The molecule has 0 saturated carbocycles. The molecule has 1 heterocycles. The Morgan fingerprint density at radius 2 is 1.74 bits per heavy atom. The molecule has 0 unspecified atom stereocenters. The maximum Gasteiger partial charge on any atom is 0.308 e. The van der Waals surface area contributed by atoms with Gasteiger partial charge in [0.1, 0.15) is 5.75 Å². The predicted molar refractivity (Wildman–Crippen MR) is 93.0 cm³/mol. The van der Waals surface area contributed by atoms with E-state index in [4.69, 9.17) is 4.74 Å². The summed E-state index contributed by atoms with van der Waals surface area (Å²) in [6.07, 6.45) is -0.0402. The van der Waals surface area contributed by atoms with Gasteiger partial charge in [0.25, 0.3) is 0 Å². The lowest BCUT2D eigenvalue weighted by atomic mass is 10.2. The first-order valence-electron chi connectivity index (χ1n) is 7.25. The van der Waals surface area contributed by atoms with Gasteiger partial charge in [0.15, 0.2) is 4.99 Å². The van der Waals surface area contributed by atoms with E-state index in [0.717, 1.165) is 22.7 Å². The first-order chi connectivity index (χ1) is 11.1. The molecule has 0 aliphatic carbocycles. The van der Waals surface area contributed by atoms with Crippen molar-refractivity contribution in [1.29, 1.82) is 0 Å². The minimum atomic E-state index is -0.856. The van der Waals surface area contributed by atoms with E-state index < -0.39 is 11.0 Å². The number of benzene rings is 2. The lowest BCUT2D eigenvalue weighted by molar-refractivity contribution is -0.137. The Bertz CT molecular complexity index is 695. The molecule has 0 amide bonds. The van der Waals surface area contributed by atoms with E-state index in [9.17, 15) is 9.90 Å². The van der Waals surface area contributed by atoms with Crippen molar-refractivity contribution in [2.75, 3.05) is 17.7 Å². The van der Waals surface area contributed by atoms with Crippen molar-refractivity contribution in [3.63, 3.8) is 0 Å². The number of methoxy groups -OCH3 is 1. The third-order valence-electron chi connectivity index (χ3n) is 3.67. The highest BCUT2D eigenvalue weighted by Gasteiger charge is 2.39. The standard InChI is InChI=1S/C17H18N2O3S/c1-22-15-9-5-2-6-12(15)11-23-17(10-16(20)21)18-13-7-3-4-8-14(13)19-17/h2-9,18-19H,10-11H2,1H3,(H,20,21). The summed E-state index contributed by atoms with van der Waals surface area (Å²) in [4.78, 5) is 10.6. The molecule has 23 heavy (non-hydrogen) atoms. The van der Waals surface area contributed by atoms with Crippen LogP contribution < -0.4 is 15.4 Å². The van der Waals surface area contributed by atoms with Crippen LogP contribution in [0.25, 0.3) is 0 Å². The monoisotopic (exact) mass is 330 g/mol. The van der Waals surface area contributed by atoms with E-state index in [1.165, 1.54) is 11.8 Å². The Morgan fingerprint density at radius 3 is 2.35 bits per heavy atom. The van der Waals surface area contributed by atoms with Crippen LogP contribution in [0.15, 0.2) is 48.5 Å². The highest BCUT2D eigenvalue weighted by Crippen LogP contribution is 2.43. The second-order valence-electron chi connectivity index (χ2n) is 5.29. The quantitative estimate of drug-likeness (QED) is 0.752. The number of fused-ring (bicyclic) bond motifs is 1. The van der Waals surface area contributed by atoms with Gasteiger partial charge in [-0.3, -0.25) is 4.79 Å². The molecule has 1 aliphatic heterocycles. The Morgan fingerprint density at radius 1 is 1.13 bits per heavy atom. The number of rotatable bonds is 6. The lowest BCUT2D eigenvalue weighted by Gasteiger charge is -2.29. The van der Waals surface area contributed by atoms with E-state index in [2.05, 4.69) is 10.6 Å². The van der Waals surface area contributed by atoms with Crippen LogP contribution in [-0.2, 0) is 10.5 Å². The minimum absolute atomic E-state index is 0.0402. The van der Waals surface area contributed by atoms with Crippen molar-refractivity contribution in [3.8, 4) is 5.75 Å². The molecule has 2 aromatic carbocycles. The van der Waals surface area contributed by atoms with Crippen molar-refractivity contribution >= 4 is 29.1 Å². The number of hydrogen-bond acceptors (Lipinski definition) is 5. The van der Waals surface area contributed by atoms with Crippen LogP contribution in [0.4, 0.5) is 11.4 Å². The molecule has 0 aromatic heterocycles. The Kier molecular flexibility index (Phi) is 4.34. The topological polar surface area (TPSA) is 70.6 Å². The predicted octanol–water partition coefficient (Wildman–Crippen LogP) is 3.59. The summed E-state index contributed by atoms with van der Waals surface area (Å²) in [7, 11) is 1.64. The zero-order valence-corrected chi connectivity index (χ0v) is 13.5. The fourth-order valence-electron chi connectivity index (χ4n) is 2.62.